The number of ether oxygens (including phenoxy) is 3. The molecule has 4 N–H and O–H groups in total. The molecule has 16 heteroatoms. The molecular weight excluding hydrogens is 639 g/mol. The van der Waals surface area contributed by atoms with Crippen LogP contribution in [-0.2, 0) is 16.0 Å². The van der Waals surface area contributed by atoms with Gasteiger partial charge in [0, 0.05) is 23.9 Å². The first-order valence-corrected chi connectivity index (χ1v) is 13.1. The standard InChI is InChI=1S/C30H25F9N2O5/c31-27(32,28(33,34)29(35,36)30(37,38)39)14-16-44-22-10-5-20(6-11-22)26(43)46-23-8-1-18(2-9-23)3-12-25(42)45-15-13-19-4-7-21(40)17-24(19)41/h1-12,17H,13-16,40-41H2. The monoisotopic (exact) mass is 664 g/mol. The summed E-state index contributed by atoms with van der Waals surface area (Å²) in [5, 5.41) is 0. The van der Waals surface area contributed by atoms with Crippen molar-refractivity contribution in [1.29, 1.82) is 0 Å². The van der Waals surface area contributed by atoms with E-state index in [-0.39, 0.29) is 23.7 Å². The Bertz CT molecular complexity index is 1540. The minimum absolute atomic E-state index is 0.0681. The average Bonchev–Trinajstić information content (AvgIpc) is 2.97. The molecule has 0 aromatic heterocycles. The fourth-order valence-corrected chi connectivity index (χ4v) is 3.68. The summed E-state index contributed by atoms with van der Waals surface area (Å²) in [6.07, 6.45) is -6.02. The smallest absolute Gasteiger partial charge is 0.460 e. The van der Waals surface area contributed by atoms with Crippen molar-refractivity contribution in [3.63, 3.8) is 0 Å². The van der Waals surface area contributed by atoms with Gasteiger partial charge in [-0.05, 0) is 65.7 Å². The van der Waals surface area contributed by atoms with E-state index < -0.39 is 48.9 Å². The molecule has 0 atom stereocenters. The van der Waals surface area contributed by atoms with Crippen molar-refractivity contribution in [3.8, 4) is 11.5 Å². The molecule has 0 aliphatic carbocycles. The number of esters is 2. The van der Waals surface area contributed by atoms with Crippen LogP contribution >= 0.6 is 0 Å². The summed E-state index contributed by atoms with van der Waals surface area (Å²) in [6, 6.07) is 15.2. The number of rotatable bonds is 13. The van der Waals surface area contributed by atoms with Crippen molar-refractivity contribution in [2.75, 3.05) is 24.7 Å². The second kappa shape index (κ2) is 14.0. The van der Waals surface area contributed by atoms with Crippen molar-refractivity contribution >= 4 is 29.4 Å². The van der Waals surface area contributed by atoms with Crippen LogP contribution in [0.5, 0.6) is 11.5 Å². The van der Waals surface area contributed by atoms with E-state index >= 15 is 0 Å². The van der Waals surface area contributed by atoms with E-state index in [4.69, 9.17) is 25.7 Å². The third kappa shape index (κ3) is 8.63. The van der Waals surface area contributed by atoms with Crippen LogP contribution in [0.15, 0.2) is 72.8 Å². The van der Waals surface area contributed by atoms with Gasteiger partial charge in [0.2, 0.25) is 0 Å². The van der Waals surface area contributed by atoms with Gasteiger partial charge in [0.05, 0.1) is 25.2 Å². The topological polar surface area (TPSA) is 114 Å². The predicted octanol–water partition coefficient (Wildman–Crippen LogP) is 7.11. The number of alkyl halides is 9. The molecule has 0 saturated carbocycles. The quantitative estimate of drug-likeness (QED) is 0.0659. The van der Waals surface area contributed by atoms with Crippen molar-refractivity contribution in [2.45, 2.75) is 36.8 Å². The number of hydrogen-bond acceptors (Lipinski definition) is 7. The molecule has 7 nitrogen and oxygen atoms in total. The molecule has 0 saturated heterocycles. The molecule has 0 aliphatic rings. The van der Waals surface area contributed by atoms with Crippen molar-refractivity contribution in [3.05, 3.63) is 89.5 Å². The van der Waals surface area contributed by atoms with Gasteiger partial charge in [-0.2, -0.15) is 39.5 Å². The van der Waals surface area contributed by atoms with Crippen LogP contribution in [0.1, 0.15) is 27.9 Å². The van der Waals surface area contributed by atoms with Gasteiger partial charge in [0.25, 0.3) is 0 Å². The summed E-state index contributed by atoms with van der Waals surface area (Å²) in [7, 11) is 0. The third-order valence-electron chi connectivity index (χ3n) is 6.27. The number of nitrogen functional groups attached to an aromatic ring is 2. The predicted molar refractivity (Wildman–Crippen MR) is 148 cm³/mol. The van der Waals surface area contributed by atoms with E-state index in [1.54, 1.807) is 18.2 Å². The molecule has 0 amide bonds. The Balaban J connectivity index is 1.46. The zero-order valence-electron chi connectivity index (χ0n) is 23.4. The van der Waals surface area contributed by atoms with Crippen molar-refractivity contribution < 1.29 is 63.3 Å². The summed E-state index contributed by atoms with van der Waals surface area (Å²) in [5.74, 6) is -21.1. The van der Waals surface area contributed by atoms with E-state index in [1.807, 2.05) is 0 Å². The lowest BCUT2D eigenvalue weighted by Gasteiger charge is -2.33. The molecule has 3 aromatic carbocycles. The maximum absolute atomic E-state index is 13.6. The molecule has 0 fully saturated rings. The number of halogens is 9. The molecule has 0 heterocycles. The highest BCUT2D eigenvalue weighted by molar-refractivity contribution is 5.91. The third-order valence-corrected chi connectivity index (χ3v) is 6.27. The van der Waals surface area contributed by atoms with Crippen LogP contribution in [0.2, 0.25) is 0 Å². The highest BCUT2D eigenvalue weighted by Crippen LogP contribution is 2.54. The van der Waals surface area contributed by atoms with Crippen LogP contribution in [0.25, 0.3) is 6.08 Å². The van der Waals surface area contributed by atoms with Gasteiger partial charge in [-0.1, -0.05) is 18.2 Å². The number of hydrogen-bond donors (Lipinski definition) is 2. The molecule has 3 aromatic rings. The Hall–Kier alpha value is -4.89. The SMILES string of the molecule is Nc1ccc(CCOC(=O)C=Cc2ccc(OC(=O)c3ccc(OCCC(F)(F)C(F)(F)C(F)(F)C(F)(F)F)cc3)cc2)c(N)c1. The maximum Gasteiger partial charge on any atom is 0.460 e. The summed E-state index contributed by atoms with van der Waals surface area (Å²) in [4.78, 5) is 24.4. The first-order valence-electron chi connectivity index (χ1n) is 13.1. The Morgan fingerprint density at radius 3 is 1.93 bits per heavy atom. The van der Waals surface area contributed by atoms with Gasteiger partial charge in [0.15, 0.2) is 0 Å². The van der Waals surface area contributed by atoms with Crippen LogP contribution in [0.4, 0.5) is 50.9 Å². The molecule has 248 valence electrons. The summed E-state index contributed by atoms with van der Waals surface area (Å²) < 4.78 is 132. The van der Waals surface area contributed by atoms with E-state index in [0.29, 0.717) is 23.4 Å². The molecule has 0 aliphatic heterocycles. The molecular formula is C30H25F9N2O5. The van der Waals surface area contributed by atoms with Gasteiger partial charge in [-0.25, -0.2) is 9.59 Å². The fraction of sp³-hybridized carbons (Fsp3) is 0.267. The number of benzene rings is 3. The summed E-state index contributed by atoms with van der Waals surface area (Å²) in [5.41, 5.74) is 13.8. The lowest BCUT2D eigenvalue weighted by molar-refractivity contribution is -0.397. The fourth-order valence-electron chi connectivity index (χ4n) is 3.68. The Labute approximate surface area is 255 Å². The average molecular weight is 665 g/mol. The largest absolute Gasteiger partial charge is 0.493 e. The Kier molecular flexibility index (Phi) is 10.9. The maximum atomic E-state index is 13.6. The molecule has 0 unspecified atom stereocenters. The van der Waals surface area contributed by atoms with Gasteiger partial charge in [0.1, 0.15) is 11.5 Å². The Morgan fingerprint density at radius 1 is 0.739 bits per heavy atom. The zero-order chi connectivity index (χ0) is 34.3. The highest BCUT2D eigenvalue weighted by Gasteiger charge is 2.81. The van der Waals surface area contributed by atoms with E-state index in [1.165, 1.54) is 36.4 Å². The number of anilines is 2. The molecule has 0 bridgehead atoms. The first-order chi connectivity index (χ1) is 21.3. The van der Waals surface area contributed by atoms with Gasteiger partial charge < -0.3 is 25.7 Å². The minimum atomic E-state index is -6.98. The second-order valence-electron chi connectivity index (χ2n) is 9.64. The number of carbonyl (C=O) groups is 2. The second-order valence-corrected chi connectivity index (χ2v) is 9.64. The van der Waals surface area contributed by atoms with E-state index in [2.05, 4.69) is 0 Å². The summed E-state index contributed by atoms with van der Waals surface area (Å²) >= 11 is 0. The summed E-state index contributed by atoms with van der Waals surface area (Å²) in [6.45, 7) is -1.27. The first kappa shape index (κ1) is 35.6. The van der Waals surface area contributed by atoms with Crippen LogP contribution in [0.3, 0.4) is 0 Å². The molecule has 3 rings (SSSR count). The van der Waals surface area contributed by atoms with E-state index in [0.717, 1.165) is 29.8 Å². The van der Waals surface area contributed by atoms with Crippen LogP contribution in [-0.4, -0.2) is 49.1 Å². The van der Waals surface area contributed by atoms with Crippen LogP contribution < -0.4 is 20.9 Å². The van der Waals surface area contributed by atoms with E-state index in [9.17, 15) is 49.1 Å². The van der Waals surface area contributed by atoms with Crippen molar-refractivity contribution in [1.82, 2.24) is 0 Å². The number of nitrogens with two attached hydrogens (primary N) is 2. The van der Waals surface area contributed by atoms with Crippen LogP contribution in [0, 0.1) is 0 Å². The lowest BCUT2D eigenvalue weighted by Crippen LogP contribution is -2.61. The molecule has 0 spiro atoms. The zero-order valence-corrected chi connectivity index (χ0v) is 23.4. The highest BCUT2D eigenvalue weighted by atomic mass is 19.4. The molecule has 0 radical (unpaired) electrons. The van der Waals surface area contributed by atoms with Crippen molar-refractivity contribution in [2.24, 2.45) is 0 Å². The number of carbonyl (C=O) groups excluding carboxylic acids is 2. The Morgan fingerprint density at radius 2 is 1.35 bits per heavy atom. The molecule has 46 heavy (non-hydrogen) atoms. The van der Waals surface area contributed by atoms with Gasteiger partial charge in [-0.3, -0.25) is 0 Å². The van der Waals surface area contributed by atoms with Gasteiger partial charge in [-0.15, -0.1) is 0 Å². The van der Waals surface area contributed by atoms with Gasteiger partial charge >= 0.3 is 35.9 Å². The lowest BCUT2D eigenvalue weighted by atomic mass is 10.0. The normalized spacial score (nSPS) is 12.6. The minimum Gasteiger partial charge on any atom is -0.493 e.